The maximum absolute atomic E-state index is 11.2. The molecule has 1 heterocycles. The molecule has 1 aromatic carbocycles. The van der Waals surface area contributed by atoms with Crippen LogP contribution in [0.5, 0.6) is 5.75 Å². The highest BCUT2D eigenvalue weighted by atomic mass is 32.1. The van der Waals surface area contributed by atoms with Gasteiger partial charge < -0.3 is 9.84 Å². The highest BCUT2D eigenvalue weighted by Gasteiger charge is 2.23. The van der Waals surface area contributed by atoms with Crippen molar-refractivity contribution in [3.05, 3.63) is 35.6 Å². The zero-order valence-electron chi connectivity index (χ0n) is 7.56. The maximum Gasteiger partial charge on any atom is 0.294 e. The molecule has 0 spiro atoms. The van der Waals surface area contributed by atoms with E-state index in [1.807, 2.05) is 0 Å². The first-order valence-corrected chi connectivity index (χ1v) is 4.60. The van der Waals surface area contributed by atoms with Crippen molar-refractivity contribution in [1.29, 1.82) is 0 Å². The number of hydrogen-bond acceptors (Lipinski definition) is 4. The predicted octanol–water partition coefficient (Wildman–Crippen LogP) is 1.16. The van der Waals surface area contributed by atoms with Crippen LogP contribution in [0.15, 0.2) is 30.0 Å². The van der Waals surface area contributed by atoms with Crippen LogP contribution in [0.3, 0.4) is 0 Å². The van der Waals surface area contributed by atoms with Crippen molar-refractivity contribution in [2.24, 2.45) is 0 Å². The lowest BCUT2D eigenvalue weighted by Gasteiger charge is -1.98. The second-order valence-electron chi connectivity index (χ2n) is 2.91. The lowest BCUT2D eigenvalue weighted by atomic mass is 10.2. The van der Waals surface area contributed by atoms with E-state index in [0.717, 1.165) is 0 Å². The molecule has 1 aromatic rings. The van der Waals surface area contributed by atoms with E-state index >= 15 is 0 Å². The Bertz CT molecular complexity index is 467. The molecule has 0 aliphatic carbocycles. The molecular formula is C10H7NO3S. The topological polar surface area (TPSA) is 58.6 Å². The largest absolute Gasteiger partial charge is 0.507 e. The van der Waals surface area contributed by atoms with Crippen molar-refractivity contribution in [2.45, 2.75) is 0 Å². The van der Waals surface area contributed by atoms with Gasteiger partial charge in [0.2, 0.25) is 0 Å². The number of hydrogen-bond donors (Lipinski definition) is 2. The van der Waals surface area contributed by atoms with Crippen LogP contribution in [-0.4, -0.2) is 16.2 Å². The molecule has 0 bridgehead atoms. The van der Waals surface area contributed by atoms with Crippen LogP contribution in [-0.2, 0) is 9.53 Å². The third-order valence-corrected chi connectivity index (χ3v) is 2.05. The van der Waals surface area contributed by atoms with E-state index in [1.165, 1.54) is 12.1 Å². The fourth-order valence-corrected chi connectivity index (χ4v) is 1.35. The molecule has 0 aromatic heterocycles. The Balaban J connectivity index is 2.35. The summed E-state index contributed by atoms with van der Waals surface area (Å²) in [6.45, 7) is 0. The van der Waals surface area contributed by atoms with Gasteiger partial charge >= 0.3 is 0 Å². The van der Waals surface area contributed by atoms with Crippen molar-refractivity contribution in [1.82, 2.24) is 5.32 Å². The summed E-state index contributed by atoms with van der Waals surface area (Å²) in [6.07, 6.45) is 1.43. The maximum atomic E-state index is 11.2. The van der Waals surface area contributed by atoms with Gasteiger partial charge in [0.1, 0.15) is 5.75 Å². The SMILES string of the molecule is O=C1NC(=S)O/C1=C/c1ccccc1O. The second-order valence-corrected chi connectivity index (χ2v) is 3.28. The van der Waals surface area contributed by atoms with Crippen LogP contribution >= 0.6 is 12.2 Å². The monoisotopic (exact) mass is 221 g/mol. The zero-order valence-corrected chi connectivity index (χ0v) is 8.38. The first kappa shape index (κ1) is 9.67. The minimum atomic E-state index is -0.400. The minimum absolute atomic E-state index is 0.0293. The van der Waals surface area contributed by atoms with E-state index in [4.69, 9.17) is 4.74 Å². The van der Waals surface area contributed by atoms with Gasteiger partial charge in [-0.2, -0.15) is 0 Å². The zero-order chi connectivity index (χ0) is 10.8. The molecule has 1 amide bonds. The number of ether oxygens (including phenoxy) is 1. The summed E-state index contributed by atoms with van der Waals surface area (Å²) < 4.78 is 4.95. The van der Waals surface area contributed by atoms with E-state index in [0.29, 0.717) is 5.56 Å². The van der Waals surface area contributed by atoms with Crippen molar-refractivity contribution in [2.75, 3.05) is 0 Å². The highest BCUT2D eigenvalue weighted by Crippen LogP contribution is 2.20. The van der Waals surface area contributed by atoms with Gasteiger partial charge in [0.15, 0.2) is 5.76 Å². The van der Waals surface area contributed by atoms with Crippen LogP contribution in [0.25, 0.3) is 6.08 Å². The second kappa shape index (κ2) is 3.70. The molecule has 2 N–H and O–H groups in total. The third kappa shape index (κ3) is 1.97. The molecule has 1 saturated heterocycles. The molecule has 0 saturated carbocycles. The summed E-state index contributed by atoms with van der Waals surface area (Å²) in [5.74, 6) is -0.232. The first-order valence-electron chi connectivity index (χ1n) is 4.19. The number of aromatic hydroxyl groups is 1. The van der Waals surface area contributed by atoms with Gasteiger partial charge in [0.05, 0.1) is 0 Å². The summed E-state index contributed by atoms with van der Waals surface area (Å²) in [6, 6.07) is 6.63. The summed E-state index contributed by atoms with van der Waals surface area (Å²) in [5, 5.41) is 11.8. The van der Waals surface area contributed by atoms with E-state index in [1.54, 1.807) is 18.2 Å². The number of nitrogens with one attached hydrogen (secondary N) is 1. The molecule has 5 heteroatoms. The van der Waals surface area contributed by atoms with Crippen LogP contribution in [0.1, 0.15) is 5.56 Å². The Morgan fingerprint density at radius 3 is 2.73 bits per heavy atom. The minimum Gasteiger partial charge on any atom is -0.507 e. The van der Waals surface area contributed by atoms with Crippen molar-refractivity contribution >= 4 is 29.4 Å². The van der Waals surface area contributed by atoms with E-state index in [2.05, 4.69) is 17.5 Å². The molecule has 0 unspecified atom stereocenters. The van der Waals surface area contributed by atoms with E-state index < -0.39 is 5.91 Å². The average Bonchev–Trinajstić information content (AvgIpc) is 2.49. The molecule has 1 aliphatic heterocycles. The molecule has 4 nitrogen and oxygen atoms in total. The van der Waals surface area contributed by atoms with Crippen molar-refractivity contribution < 1.29 is 14.6 Å². The quantitative estimate of drug-likeness (QED) is 0.552. The smallest absolute Gasteiger partial charge is 0.294 e. The Morgan fingerprint density at radius 2 is 2.13 bits per heavy atom. The molecule has 0 radical (unpaired) electrons. The van der Waals surface area contributed by atoms with Crippen LogP contribution in [0.2, 0.25) is 0 Å². The van der Waals surface area contributed by atoms with Gasteiger partial charge in [0.25, 0.3) is 11.1 Å². The van der Waals surface area contributed by atoms with Crippen LogP contribution in [0.4, 0.5) is 0 Å². The fourth-order valence-electron chi connectivity index (χ4n) is 1.17. The molecule has 2 rings (SSSR count). The van der Waals surface area contributed by atoms with Gasteiger partial charge in [-0.15, -0.1) is 0 Å². The Hall–Kier alpha value is -1.88. The van der Waals surface area contributed by atoms with Crippen molar-refractivity contribution in [3.63, 3.8) is 0 Å². The number of phenolic OH excluding ortho intramolecular Hbond substituents is 1. The molecule has 15 heavy (non-hydrogen) atoms. The number of carbonyl (C=O) groups excluding carboxylic acids is 1. The Kier molecular flexibility index (Phi) is 2.39. The van der Waals surface area contributed by atoms with Gasteiger partial charge in [-0.1, -0.05) is 18.2 Å². The summed E-state index contributed by atoms with van der Waals surface area (Å²) in [4.78, 5) is 11.2. The molecule has 76 valence electrons. The molecule has 1 fully saturated rings. The molecular weight excluding hydrogens is 214 g/mol. The lowest BCUT2D eigenvalue weighted by molar-refractivity contribution is -0.116. The number of thiocarbonyl (C=S) groups is 1. The van der Waals surface area contributed by atoms with Gasteiger partial charge in [-0.25, -0.2) is 0 Å². The molecule has 0 atom stereocenters. The number of carbonyl (C=O) groups is 1. The fraction of sp³-hybridized carbons (Fsp3) is 0. The Morgan fingerprint density at radius 1 is 1.40 bits per heavy atom. The summed E-state index contributed by atoms with van der Waals surface area (Å²) in [7, 11) is 0. The van der Waals surface area contributed by atoms with E-state index in [9.17, 15) is 9.90 Å². The number of benzene rings is 1. The van der Waals surface area contributed by atoms with Gasteiger partial charge in [0, 0.05) is 5.56 Å². The van der Waals surface area contributed by atoms with Gasteiger partial charge in [-0.3, -0.25) is 10.1 Å². The van der Waals surface area contributed by atoms with Crippen LogP contribution < -0.4 is 5.32 Å². The van der Waals surface area contributed by atoms with Crippen molar-refractivity contribution in [3.8, 4) is 5.75 Å². The number of rotatable bonds is 1. The standard InChI is InChI=1S/C10H7NO3S/c12-7-4-2-1-3-6(7)5-8-9(13)11-10(15)14-8/h1-5,12H,(H,11,13,15)/b8-5+. The lowest BCUT2D eigenvalue weighted by Crippen LogP contribution is -2.18. The van der Waals surface area contributed by atoms with E-state index in [-0.39, 0.29) is 16.7 Å². The third-order valence-electron chi connectivity index (χ3n) is 1.87. The summed E-state index contributed by atoms with van der Waals surface area (Å²) >= 11 is 4.66. The highest BCUT2D eigenvalue weighted by molar-refractivity contribution is 7.80. The molecule has 1 aliphatic rings. The Labute approximate surface area is 91.2 Å². The predicted molar refractivity (Wildman–Crippen MR) is 57.9 cm³/mol. The number of phenols is 1. The van der Waals surface area contributed by atoms with Gasteiger partial charge in [-0.05, 0) is 24.4 Å². The number of amides is 1. The van der Waals surface area contributed by atoms with Crippen LogP contribution in [0, 0.1) is 0 Å². The normalized spacial score (nSPS) is 17.7. The number of para-hydroxylation sites is 1. The average molecular weight is 221 g/mol. The first-order chi connectivity index (χ1) is 7.16. The summed E-state index contributed by atoms with van der Waals surface area (Å²) in [5.41, 5.74) is 0.507.